The van der Waals surface area contributed by atoms with Crippen LogP contribution in [0.2, 0.25) is 0 Å². The standard InChI is InChI=1S/C11H13F3N2O2/c1-16(2)10(17)6-18-9-4-3-7(5-8(9)15)11(12,13)14/h3-5H,6,15H2,1-2H3. The zero-order chi connectivity index (χ0) is 13.9. The van der Waals surface area contributed by atoms with Crippen molar-refractivity contribution < 1.29 is 22.7 Å². The molecule has 0 aromatic heterocycles. The van der Waals surface area contributed by atoms with Crippen molar-refractivity contribution in [3.8, 4) is 5.75 Å². The molecule has 4 nitrogen and oxygen atoms in total. The summed E-state index contributed by atoms with van der Waals surface area (Å²) < 4.78 is 42.1. The Morgan fingerprint density at radius 3 is 2.44 bits per heavy atom. The van der Waals surface area contributed by atoms with Gasteiger partial charge in [-0.25, -0.2) is 0 Å². The van der Waals surface area contributed by atoms with Crippen LogP contribution in [0.4, 0.5) is 18.9 Å². The number of anilines is 1. The fourth-order valence-corrected chi connectivity index (χ4v) is 1.12. The number of benzene rings is 1. The molecule has 0 aliphatic heterocycles. The summed E-state index contributed by atoms with van der Waals surface area (Å²) in [7, 11) is 3.09. The lowest BCUT2D eigenvalue weighted by Crippen LogP contribution is -2.27. The van der Waals surface area contributed by atoms with E-state index < -0.39 is 11.7 Å². The first-order chi connectivity index (χ1) is 8.21. The van der Waals surface area contributed by atoms with Crippen LogP contribution < -0.4 is 10.5 Å². The van der Waals surface area contributed by atoms with Gasteiger partial charge in [0, 0.05) is 14.1 Å². The minimum Gasteiger partial charge on any atom is -0.482 e. The first-order valence-corrected chi connectivity index (χ1v) is 5.01. The van der Waals surface area contributed by atoms with Gasteiger partial charge in [-0.2, -0.15) is 13.2 Å². The fourth-order valence-electron chi connectivity index (χ4n) is 1.12. The van der Waals surface area contributed by atoms with Crippen molar-refractivity contribution in [1.82, 2.24) is 4.90 Å². The molecule has 1 aromatic carbocycles. The van der Waals surface area contributed by atoms with Gasteiger partial charge in [-0.3, -0.25) is 4.79 Å². The van der Waals surface area contributed by atoms with Gasteiger partial charge in [-0.1, -0.05) is 0 Å². The van der Waals surface area contributed by atoms with Crippen LogP contribution in [0, 0.1) is 0 Å². The maximum atomic E-state index is 12.4. The molecule has 0 heterocycles. The van der Waals surface area contributed by atoms with Crippen molar-refractivity contribution in [3.63, 3.8) is 0 Å². The van der Waals surface area contributed by atoms with Gasteiger partial charge in [-0.15, -0.1) is 0 Å². The van der Waals surface area contributed by atoms with Crippen molar-refractivity contribution >= 4 is 11.6 Å². The number of nitrogen functional groups attached to an aromatic ring is 1. The summed E-state index contributed by atoms with van der Waals surface area (Å²) in [6, 6.07) is 2.72. The average molecular weight is 262 g/mol. The minimum atomic E-state index is -4.45. The van der Waals surface area contributed by atoms with Crippen molar-refractivity contribution in [2.75, 3.05) is 26.4 Å². The van der Waals surface area contributed by atoms with Crippen LogP contribution in [0.3, 0.4) is 0 Å². The summed E-state index contributed by atoms with van der Waals surface area (Å²) in [5, 5.41) is 0. The van der Waals surface area contributed by atoms with E-state index in [-0.39, 0.29) is 24.0 Å². The van der Waals surface area contributed by atoms with E-state index in [1.807, 2.05) is 0 Å². The van der Waals surface area contributed by atoms with E-state index in [4.69, 9.17) is 10.5 Å². The van der Waals surface area contributed by atoms with E-state index in [9.17, 15) is 18.0 Å². The Kier molecular flexibility index (Phi) is 4.05. The number of rotatable bonds is 3. The van der Waals surface area contributed by atoms with E-state index in [0.29, 0.717) is 0 Å². The molecule has 0 aliphatic rings. The molecule has 100 valence electrons. The highest BCUT2D eigenvalue weighted by atomic mass is 19.4. The molecular formula is C11H13F3N2O2. The van der Waals surface area contributed by atoms with Crippen molar-refractivity contribution in [2.24, 2.45) is 0 Å². The van der Waals surface area contributed by atoms with Crippen molar-refractivity contribution in [3.05, 3.63) is 23.8 Å². The quantitative estimate of drug-likeness (QED) is 0.844. The number of ether oxygens (including phenoxy) is 1. The lowest BCUT2D eigenvalue weighted by atomic mass is 10.2. The van der Waals surface area contributed by atoms with Crippen molar-refractivity contribution in [1.29, 1.82) is 0 Å². The topological polar surface area (TPSA) is 55.6 Å². The van der Waals surface area contributed by atoms with E-state index in [2.05, 4.69) is 0 Å². The van der Waals surface area contributed by atoms with Crippen LogP contribution in [0.5, 0.6) is 5.75 Å². The monoisotopic (exact) mass is 262 g/mol. The van der Waals surface area contributed by atoms with Crippen LogP contribution in [-0.2, 0) is 11.0 Å². The fraction of sp³-hybridized carbons (Fsp3) is 0.364. The molecule has 0 saturated carbocycles. The molecule has 0 unspecified atom stereocenters. The van der Waals surface area contributed by atoms with Crippen molar-refractivity contribution in [2.45, 2.75) is 6.18 Å². The number of likely N-dealkylation sites (N-methyl/N-ethyl adjacent to an activating group) is 1. The second-order valence-electron chi connectivity index (χ2n) is 3.83. The lowest BCUT2D eigenvalue weighted by molar-refractivity contribution is -0.137. The number of hydrogen-bond acceptors (Lipinski definition) is 3. The third kappa shape index (κ3) is 3.54. The largest absolute Gasteiger partial charge is 0.482 e. The molecule has 0 bridgehead atoms. The molecule has 1 amide bonds. The number of nitrogens with two attached hydrogens (primary N) is 1. The number of carbonyl (C=O) groups is 1. The SMILES string of the molecule is CN(C)C(=O)COc1ccc(C(F)(F)F)cc1N. The highest BCUT2D eigenvalue weighted by Gasteiger charge is 2.30. The molecule has 1 aromatic rings. The normalized spacial score (nSPS) is 11.2. The predicted molar refractivity (Wildman–Crippen MR) is 60.0 cm³/mol. The van der Waals surface area contributed by atoms with Gasteiger partial charge in [0.15, 0.2) is 6.61 Å². The first-order valence-electron chi connectivity index (χ1n) is 5.01. The summed E-state index contributed by atoms with van der Waals surface area (Å²) in [5.74, 6) is -0.257. The molecule has 0 saturated heterocycles. The van der Waals surface area contributed by atoms with Gasteiger partial charge in [0.25, 0.3) is 5.91 Å². The van der Waals surface area contributed by atoms with Gasteiger partial charge in [0.2, 0.25) is 0 Å². The number of halogens is 3. The van der Waals surface area contributed by atoms with Gasteiger partial charge in [0.1, 0.15) is 5.75 Å². The van der Waals surface area contributed by atoms with Crippen LogP contribution in [0.25, 0.3) is 0 Å². The van der Waals surface area contributed by atoms with Crippen LogP contribution >= 0.6 is 0 Å². The Balaban J connectivity index is 2.78. The summed E-state index contributed by atoms with van der Waals surface area (Å²) >= 11 is 0. The Hall–Kier alpha value is -1.92. The van der Waals surface area contributed by atoms with Gasteiger partial charge < -0.3 is 15.4 Å². The van der Waals surface area contributed by atoms with Gasteiger partial charge in [-0.05, 0) is 18.2 Å². The molecule has 1 rings (SSSR count). The third-order valence-electron chi connectivity index (χ3n) is 2.19. The molecule has 0 atom stereocenters. The zero-order valence-corrected chi connectivity index (χ0v) is 9.91. The number of amides is 1. The Labute approximate surface area is 102 Å². The summed E-state index contributed by atoms with van der Waals surface area (Å²) in [4.78, 5) is 12.5. The summed E-state index contributed by atoms with van der Waals surface area (Å²) in [5.41, 5.74) is 4.42. The first kappa shape index (κ1) is 14.1. The van der Waals surface area contributed by atoms with E-state index in [1.54, 1.807) is 14.1 Å². The maximum absolute atomic E-state index is 12.4. The van der Waals surface area contributed by atoms with E-state index >= 15 is 0 Å². The molecule has 7 heteroatoms. The molecule has 0 fully saturated rings. The molecule has 2 N–H and O–H groups in total. The number of nitrogens with zero attached hydrogens (tertiary/aromatic N) is 1. The Morgan fingerprint density at radius 1 is 1.39 bits per heavy atom. The third-order valence-corrected chi connectivity index (χ3v) is 2.19. The van der Waals surface area contributed by atoms with Gasteiger partial charge >= 0.3 is 6.18 Å². The maximum Gasteiger partial charge on any atom is 0.416 e. The molecule has 0 spiro atoms. The second-order valence-corrected chi connectivity index (χ2v) is 3.83. The molecule has 0 aliphatic carbocycles. The second kappa shape index (κ2) is 5.16. The van der Waals surface area contributed by atoms with Crippen LogP contribution in [-0.4, -0.2) is 31.5 Å². The average Bonchev–Trinajstić information content (AvgIpc) is 2.25. The number of alkyl halides is 3. The Bertz CT molecular complexity index is 444. The van der Waals surface area contributed by atoms with Crippen LogP contribution in [0.1, 0.15) is 5.56 Å². The number of hydrogen-bond donors (Lipinski definition) is 1. The van der Waals surface area contributed by atoms with E-state index in [1.165, 1.54) is 4.90 Å². The summed E-state index contributed by atoms with van der Waals surface area (Å²) in [6.45, 7) is -0.275. The summed E-state index contributed by atoms with van der Waals surface area (Å²) in [6.07, 6.45) is -4.45. The number of carbonyl (C=O) groups excluding carboxylic acids is 1. The minimum absolute atomic E-state index is 0.0539. The predicted octanol–water partition coefficient (Wildman–Crippen LogP) is 1.75. The lowest BCUT2D eigenvalue weighted by Gasteiger charge is -2.14. The highest BCUT2D eigenvalue weighted by molar-refractivity contribution is 5.77. The molecule has 18 heavy (non-hydrogen) atoms. The van der Waals surface area contributed by atoms with Gasteiger partial charge in [0.05, 0.1) is 11.3 Å². The Morgan fingerprint density at radius 2 is 2.00 bits per heavy atom. The molecule has 0 radical (unpaired) electrons. The van der Waals surface area contributed by atoms with Crippen LogP contribution in [0.15, 0.2) is 18.2 Å². The van der Waals surface area contributed by atoms with E-state index in [0.717, 1.165) is 18.2 Å². The molecular weight excluding hydrogens is 249 g/mol. The smallest absolute Gasteiger partial charge is 0.416 e. The zero-order valence-electron chi connectivity index (χ0n) is 9.91. The highest BCUT2D eigenvalue weighted by Crippen LogP contribution is 2.33.